The van der Waals surface area contributed by atoms with Gasteiger partial charge in [0.25, 0.3) is 0 Å². The predicted octanol–water partition coefficient (Wildman–Crippen LogP) is 3.87. The number of nitrogens with one attached hydrogen (secondary N) is 1. The summed E-state index contributed by atoms with van der Waals surface area (Å²) in [6, 6.07) is 0.673. The number of carbonyl (C=O) groups excluding carboxylic acids is 1. The van der Waals surface area contributed by atoms with Crippen LogP contribution in [0.5, 0.6) is 0 Å². The second kappa shape index (κ2) is 4.03. The molecule has 4 unspecified atom stereocenters. The molecule has 1 heterocycles. The summed E-state index contributed by atoms with van der Waals surface area (Å²) in [7, 11) is 0. The van der Waals surface area contributed by atoms with Crippen molar-refractivity contribution in [3.8, 4) is 0 Å². The molecule has 4 saturated carbocycles. The van der Waals surface area contributed by atoms with Crippen molar-refractivity contribution >= 4 is 27.8 Å². The Hall–Kier alpha value is -1.03. The summed E-state index contributed by atoms with van der Waals surface area (Å²) < 4.78 is 0. The van der Waals surface area contributed by atoms with Crippen LogP contribution in [-0.2, 0) is 0 Å². The van der Waals surface area contributed by atoms with E-state index in [1.807, 2.05) is 0 Å². The number of anilines is 2. The summed E-state index contributed by atoms with van der Waals surface area (Å²) in [5, 5.41) is 5.03. The third-order valence-electron chi connectivity index (χ3n) is 6.32. The topological polar surface area (TPSA) is 55.1 Å². The molecule has 4 fully saturated rings. The summed E-state index contributed by atoms with van der Waals surface area (Å²) in [4.78, 5) is 12.6. The molecule has 4 atom stereocenters. The molecule has 0 radical (unpaired) electrons. The first kappa shape index (κ1) is 12.5. The number of fused-ring (bicyclic) bond motifs is 5. The zero-order valence-corrected chi connectivity index (χ0v) is 13.2. The highest BCUT2D eigenvalue weighted by molar-refractivity contribution is 7.18. The predicted molar refractivity (Wildman–Crippen MR) is 85.9 cm³/mol. The van der Waals surface area contributed by atoms with Crippen LogP contribution in [0.4, 0.5) is 10.7 Å². The second-order valence-electron chi connectivity index (χ2n) is 7.58. The molecule has 0 spiro atoms. The summed E-state index contributed by atoms with van der Waals surface area (Å²) in [6.07, 6.45) is 6.84. The first-order valence-electron chi connectivity index (χ1n) is 8.34. The van der Waals surface area contributed by atoms with Crippen LogP contribution < -0.4 is 11.1 Å². The molecule has 2 bridgehead atoms. The summed E-state index contributed by atoms with van der Waals surface area (Å²) in [5.41, 5.74) is 8.31. The molecule has 21 heavy (non-hydrogen) atoms. The molecular weight excluding hydrogens is 280 g/mol. The van der Waals surface area contributed by atoms with Crippen molar-refractivity contribution in [2.24, 2.45) is 23.7 Å². The zero-order chi connectivity index (χ0) is 14.3. The normalized spacial score (nSPS) is 39.4. The molecule has 112 valence electrons. The van der Waals surface area contributed by atoms with Gasteiger partial charge in [0.05, 0.1) is 15.6 Å². The van der Waals surface area contributed by atoms with E-state index in [4.69, 9.17) is 5.73 Å². The smallest absolute Gasteiger partial charge is 0.171 e. The highest BCUT2D eigenvalue weighted by Crippen LogP contribution is 2.67. The van der Waals surface area contributed by atoms with E-state index < -0.39 is 0 Å². The fourth-order valence-electron chi connectivity index (χ4n) is 5.27. The molecule has 0 aliphatic heterocycles. The van der Waals surface area contributed by atoms with E-state index in [-0.39, 0.29) is 5.78 Å². The first-order chi connectivity index (χ1) is 10.1. The molecule has 1 aromatic rings. The van der Waals surface area contributed by atoms with E-state index >= 15 is 0 Å². The maximum atomic E-state index is 11.8. The molecule has 4 aliphatic rings. The Morgan fingerprint density at radius 3 is 2.43 bits per heavy atom. The number of ketones is 1. The van der Waals surface area contributed by atoms with E-state index in [1.54, 1.807) is 18.3 Å². The number of nitrogens with two attached hydrogens (primary N) is 1. The third-order valence-corrected chi connectivity index (χ3v) is 7.58. The summed E-state index contributed by atoms with van der Waals surface area (Å²) in [5.74, 6) is 4.51. The van der Waals surface area contributed by atoms with Crippen LogP contribution in [0.3, 0.4) is 0 Å². The molecule has 4 heteroatoms. The van der Waals surface area contributed by atoms with Gasteiger partial charge in [-0.05, 0) is 61.7 Å². The van der Waals surface area contributed by atoms with Gasteiger partial charge in [0.1, 0.15) is 0 Å². The van der Waals surface area contributed by atoms with Crippen LogP contribution in [-0.4, -0.2) is 11.8 Å². The van der Waals surface area contributed by atoms with Crippen LogP contribution in [0.2, 0.25) is 0 Å². The van der Waals surface area contributed by atoms with Gasteiger partial charge >= 0.3 is 0 Å². The lowest BCUT2D eigenvalue weighted by molar-refractivity contribution is 0.102. The number of rotatable bonds is 4. The minimum atomic E-state index is 0.114. The largest absolute Gasteiger partial charge is 0.397 e. The van der Waals surface area contributed by atoms with E-state index in [9.17, 15) is 4.79 Å². The van der Waals surface area contributed by atoms with Crippen LogP contribution in [0.25, 0.3) is 0 Å². The SMILES string of the molecule is CC(=O)c1sc(NC2C3C4CCC(C4)C23)c(C2CC2)c1N. The summed E-state index contributed by atoms with van der Waals surface area (Å²) >= 11 is 1.61. The van der Waals surface area contributed by atoms with Gasteiger partial charge in [0.2, 0.25) is 0 Å². The highest BCUT2D eigenvalue weighted by Gasteiger charge is 2.65. The van der Waals surface area contributed by atoms with Crippen LogP contribution >= 0.6 is 11.3 Å². The van der Waals surface area contributed by atoms with Gasteiger partial charge in [-0.3, -0.25) is 4.79 Å². The second-order valence-corrected chi connectivity index (χ2v) is 8.60. The third kappa shape index (κ3) is 1.68. The molecule has 0 saturated heterocycles. The van der Waals surface area contributed by atoms with E-state index in [2.05, 4.69) is 5.32 Å². The van der Waals surface area contributed by atoms with Crippen molar-refractivity contribution < 1.29 is 4.79 Å². The lowest BCUT2D eigenvalue weighted by Gasteiger charge is -2.12. The molecule has 0 amide bonds. The van der Waals surface area contributed by atoms with Crippen molar-refractivity contribution in [3.05, 3.63) is 10.4 Å². The number of carbonyl (C=O) groups is 1. The Labute approximate surface area is 129 Å². The summed E-state index contributed by atoms with van der Waals surface area (Å²) in [6.45, 7) is 1.63. The quantitative estimate of drug-likeness (QED) is 0.830. The van der Waals surface area contributed by atoms with Crippen molar-refractivity contribution in [3.63, 3.8) is 0 Å². The fraction of sp³-hybridized carbons (Fsp3) is 0.706. The lowest BCUT2D eigenvalue weighted by Crippen LogP contribution is -2.12. The minimum Gasteiger partial charge on any atom is -0.397 e. The van der Waals surface area contributed by atoms with E-state index in [0.717, 1.165) is 34.2 Å². The van der Waals surface area contributed by atoms with Crippen molar-refractivity contribution in [1.29, 1.82) is 0 Å². The van der Waals surface area contributed by atoms with Crippen molar-refractivity contribution in [1.82, 2.24) is 0 Å². The van der Waals surface area contributed by atoms with E-state index in [1.165, 1.54) is 42.7 Å². The van der Waals surface area contributed by atoms with Gasteiger partial charge in [-0.15, -0.1) is 11.3 Å². The number of hydrogen-bond acceptors (Lipinski definition) is 4. The van der Waals surface area contributed by atoms with Crippen LogP contribution in [0.1, 0.15) is 60.2 Å². The number of thiophene rings is 1. The zero-order valence-electron chi connectivity index (χ0n) is 12.4. The Morgan fingerprint density at radius 1 is 1.19 bits per heavy atom. The van der Waals surface area contributed by atoms with Gasteiger partial charge in [0.15, 0.2) is 5.78 Å². The minimum absolute atomic E-state index is 0.114. The van der Waals surface area contributed by atoms with Gasteiger partial charge in [-0.2, -0.15) is 0 Å². The molecule has 5 rings (SSSR count). The molecular formula is C17H22N2OS. The average Bonchev–Trinajstić information content (AvgIpc) is 3.29. The Balaban J connectivity index is 1.44. The van der Waals surface area contributed by atoms with Gasteiger partial charge in [-0.25, -0.2) is 0 Å². The molecule has 4 aliphatic carbocycles. The lowest BCUT2D eigenvalue weighted by atomic mass is 10.0. The number of Topliss-reactive ketones (excluding diaryl/α,β-unsaturated/α-hetero) is 1. The van der Waals surface area contributed by atoms with Gasteiger partial charge in [0, 0.05) is 18.5 Å². The first-order valence-corrected chi connectivity index (χ1v) is 9.16. The highest BCUT2D eigenvalue weighted by atomic mass is 32.1. The van der Waals surface area contributed by atoms with E-state index in [0.29, 0.717) is 12.0 Å². The van der Waals surface area contributed by atoms with Crippen LogP contribution in [0, 0.1) is 23.7 Å². The van der Waals surface area contributed by atoms with Crippen molar-refractivity contribution in [2.75, 3.05) is 11.1 Å². The number of nitrogen functional groups attached to an aromatic ring is 1. The van der Waals surface area contributed by atoms with Gasteiger partial charge < -0.3 is 11.1 Å². The Morgan fingerprint density at radius 2 is 1.86 bits per heavy atom. The molecule has 1 aromatic heterocycles. The van der Waals surface area contributed by atoms with Gasteiger partial charge in [-0.1, -0.05) is 0 Å². The van der Waals surface area contributed by atoms with Crippen molar-refractivity contribution in [2.45, 2.75) is 51.0 Å². The Kier molecular flexibility index (Phi) is 2.40. The van der Waals surface area contributed by atoms with Crippen LogP contribution in [0.15, 0.2) is 0 Å². The molecule has 0 aromatic carbocycles. The Bertz CT molecular complexity index is 617. The maximum Gasteiger partial charge on any atom is 0.171 e. The monoisotopic (exact) mass is 302 g/mol. The standard InChI is InChI=1S/C17H22N2OS/c1-7(20)16-14(18)13(8-2-3-8)17(21-16)19-15-11-9-4-5-10(6-9)12(11)15/h8-12,15,19H,2-6,18H2,1H3. The maximum absolute atomic E-state index is 11.8. The average molecular weight is 302 g/mol. The fourth-order valence-corrected chi connectivity index (χ4v) is 6.42. The number of hydrogen-bond donors (Lipinski definition) is 2. The molecule has 3 N–H and O–H groups in total. The molecule has 3 nitrogen and oxygen atoms in total.